The van der Waals surface area contributed by atoms with Gasteiger partial charge >= 0.3 is 5.97 Å². The van der Waals surface area contributed by atoms with Gasteiger partial charge in [0, 0.05) is 5.10 Å². The smallest absolute Gasteiger partial charge is 0.341 e. The van der Waals surface area contributed by atoms with Gasteiger partial charge in [0.2, 0.25) is 12.9 Å². The third-order valence-electron chi connectivity index (χ3n) is 0.897. The van der Waals surface area contributed by atoms with E-state index < -0.39 is 5.97 Å². The molecule has 1 heterocycles. The summed E-state index contributed by atoms with van der Waals surface area (Å²) >= 11 is 0. The van der Waals surface area contributed by atoms with Crippen LogP contribution in [-0.4, -0.2) is 20.9 Å². The summed E-state index contributed by atoms with van der Waals surface area (Å²) in [5.74, 6) is 4.25. The summed E-state index contributed by atoms with van der Waals surface area (Å²) < 4.78 is 2.41. The van der Waals surface area contributed by atoms with Crippen molar-refractivity contribution in [3.63, 3.8) is 0 Å². The molecule has 1 aromatic heterocycles. The van der Waals surface area contributed by atoms with E-state index in [1.54, 1.807) is 0 Å². The van der Waals surface area contributed by atoms with Gasteiger partial charge < -0.3 is 22.1 Å². The molecule has 0 saturated heterocycles. The van der Waals surface area contributed by atoms with E-state index in [9.17, 15) is 4.79 Å². The van der Waals surface area contributed by atoms with Crippen LogP contribution in [-0.2, 0) is 11.3 Å². The standard InChI is InChI=1S/C4H6N4O2.BrH/c5-7-2-6-8(3-7)1-4(9)10;/h2-3H,1,5H2;1H. The Balaban J connectivity index is 0.000001000. The van der Waals surface area contributed by atoms with Crippen molar-refractivity contribution in [2.24, 2.45) is 0 Å². The van der Waals surface area contributed by atoms with Gasteiger partial charge in [0.05, 0.1) is 0 Å². The largest absolute Gasteiger partial charge is 1.00 e. The van der Waals surface area contributed by atoms with E-state index in [0.717, 1.165) is 0 Å². The third-order valence-corrected chi connectivity index (χ3v) is 0.897. The fourth-order valence-corrected chi connectivity index (χ4v) is 0.560. The molecule has 0 unspecified atom stereocenters. The van der Waals surface area contributed by atoms with Crippen LogP contribution in [0.3, 0.4) is 0 Å². The molecule has 0 fully saturated rings. The van der Waals surface area contributed by atoms with Crippen LogP contribution < -0.4 is 27.5 Å². The number of carbonyl (C=O) groups is 1. The SMILES string of the molecule is N[n+]1cnn(CC(=O)O)c1.[Br-]. The summed E-state index contributed by atoms with van der Waals surface area (Å²) in [6.07, 6.45) is 2.71. The molecule has 0 atom stereocenters. The monoisotopic (exact) mass is 222 g/mol. The molecule has 0 saturated carbocycles. The average Bonchev–Trinajstić information content (AvgIpc) is 2.13. The number of aromatic nitrogens is 3. The highest BCUT2D eigenvalue weighted by Crippen LogP contribution is 1.75. The van der Waals surface area contributed by atoms with Gasteiger partial charge in [0.1, 0.15) is 0 Å². The number of nitrogen functional groups attached to an aromatic ring is 1. The first-order valence-electron chi connectivity index (χ1n) is 2.59. The van der Waals surface area contributed by atoms with Crippen molar-refractivity contribution >= 4 is 5.97 Å². The predicted octanol–water partition coefficient (Wildman–Crippen LogP) is -5.03. The number of hydrogen-bond donors (Lipinski definition) is 2. The highest BCUT2D eigenvalue weighted by Gasteiger charge is 2.06. The van der Waals surface area contributed by atoms with Gasteiger partial charge in [-0.25, -0.2) is 4.79 Å². The summed E-state index contributed by atoms with van der Waals surface area (Å²) in [6, 6.07) is 0. The lowest BCUT2D eigenvalue weighted by Crippen LogP contribution is -3.00. The number of nitrogens with two attached hydrogens (primary N) is 1. The Morgan fingerprint density at radius 3 is 2.82 bits per heavy atom. The van der Waals surface area contributed by atoms with E-state index in [-0.39, 0.29) is 23.5 Å². The number of carboxylic acids is 1. The van der Waals surface area contributed by atoms with Crippen molar-refractivity contribution in [1.29, 1.82) is 0 Å². The molecule has 7 heteroatoms. The first-order chi connectivity index (χ1) is 4.68. The maximum Gasteiger partial charge on any atom is 0.341 e. The molecule has 62 valence electrons. The molecule has 0 amide bonds. The van der Waals surface area contributed by atoms with E-state index in [1.165, 1.54) is 22.0 Å². The van der Waals surface area contributed by atoms with Crippen LogP contribution in [0.5, 0.6) is 0 Å². The average molecular weight is 223 g/mol. The Hall–Kier alpha value is -1.11. The van der Waals surface area contributed by atoms with Gasteiger partial charge in [-0.15, -0.1) is 9.36 Å². The summed E-state index contributed by atoms with van der Waals surface area (Å²) in [5, 5.41) is 11.9. The zero-order valence-corrected chi connectivity index (χ0v) is 7.10. The lowest BCUT2D eigenvalue weighted by atomic mass is 10.7. The van der Waals surface area contributed by atoms with E-state index in [4.69, 9.17) is 10.9 Å². The van der Waals surface area contributed by atoms with Gasteiger partial charge in [-0.2, -0.15) is 0 Å². The second-order valence-corrected chi connectivity index (χ2v) is 1.78. The molecule has 1 rings (SSSR count). The van der Waals surface area contributed by atoms with E-state index in [2.05, 4.69) is 5.10 Å². The number of hydrogen-bond acceptors (Lipinski definition) is 3. The summed E-state index contributed by atoms with van der Waals surface area (Å²) in [6.45, 7) is -0.163. The maximum atomic E-state index is 10.1. The van der Waals surface area contributed by atoms with Crippen molar-refractivity contribution in [2.45, 2.75) is 6.54 Å². The van der Waals surface area contributed by atoms with Crippen molar-refractivity contribution in [2.75, 3.05) is 5.84 Å². The van der Waals surface area contributed by atoms with Crippen LogP contribution in [0.25, 0.3) is 0 Å². The van der Waals surface area contributed by atoms with Gasteiger partial charge in [0.15, 0.2) is 0 Å². The summed E-state index contributed by atoms with van der Waals surface area (Å²) in [7, 11) is 0. The summed E-state index contributed by atoms with van der Waals surface area (Å²) in [5.41, 5.74) is 0. The molecule has 0 aliphatic rings. The minimum absolute atomic E-state index is 0. The number of aliphatic carboxylic acids is 1. The normalized spacial score (nSPS) is 8.73. The predicted molar refractivity (Wildman–Crippen MR) is 30.2 cm³/mol. The first kappa shape index (κ1) is 9.89. The quantitative estimate of drug-likeness (QED) is 0.388. The molecule has 0 bridgehead atoms. The lowest BCUT2D eigenvalue weighted by molar-refractivity contribution is -0.639. The van der Waals surface area contributed by atoms with E-state index in [0.29, 0.717) is 0 Å². The number of halogens is 1. The summed E-state index contributed by atoms with van der Waals surface area (Å²) in [4.78, 5) is 10.1. The van der Waals surface area contributed by atoms with E-state index in [1.807, 2.05) is 0 Å². The lowest BCUT2D eigenvalue weighted by Gasteiger charge is -1.82. The Morgan fingerprint density at radius 2 is 2.45 bits per heavy atom. The Kier molecular flexibility index (Phi) is 3.52. The fourth-order valence-electron chi connectivity index (χ4n) is 0.560. The second-order valence-electron chi connectivity index (χ2n) is 1.78. The molecule has 0 aliphatic carbocycles. The Morgan fingerprint density at radius 1 is 1.82 bits per heavy atom. The van der Waals surface area contributed by atoms with Crippen LogP contribution >= 0.6 is 0 Å². The van der Waals surface area contributed by atoms with Crippen molar-refractivity contribution in [3.8, 4) is 0 Å². The van der Waals surface area contributed by atoms with Crippen LogP contribution in [0.15, 0.2) is 12.7 Å². The fraction of sp³-hybridized carbons (Fsp3) is 0.250. The molecular weight excluding hydrogens is 216 g/mol. The molecule has 0 spiro atoms. The van der Waals surface area contributed by atoms with Gasteiger partial charge in [-0.1, -0.05) is 0 Å². The zero-order chi connectivity index (χ0) is 7.56. The Bertz CT molecular complexity index is 248. The van der Waals surface area contributed by atoms with Crippen LogP contribution in [0.1, 0.15) is 0 Å². The molecule has 0 aliphatic heterocycles. The molecule has 0 radical (unpaired) electrons. The molecule has 3 N–H and O–H groups in total. The molecule has 0 aromatic carbocycles. The van der Waals surface area contributed by atoms with Gasteiger partial charge in [-0.05, 0) is 0 Å². The highest BCUT2D eigenvalue weighted by atomic mass is 79.9. The van der Waals surface area contributed by atoms with Crippen molar-refractivity contribution < 1.29 is 31.6 Å². The number of nitrogens with zero attached hydrogens (tertiary/aromatic N) is 3. The van der Waals surface area contributed by atoms with E-state index >= 15 is 0 Å². The molecule has 1 aromatic rings. The molecule has 11 heavy (non-hydrogen) atoms. The van der Waals surface area contributed by atoms with Crippen LogP contribution in [0, 0.1) is 0 Å². The van der Waals surface area contributed by atoms with Crippen LogP contribution in [0.4, 0.5) is 0 Å². The number of rotatable bonds is 2. The van der Waals surface area contributed by atoms with Crippen LogP contribution in [0.2, 0.25) is 0 Å². The van der Waals surface area contributed by atoms with Gasteiger partial charge in [0.25, 0.3) is 6.33 Å². The minimum Gasteiger partial charge on any atom is -1.00 e. The number of carboxylic acid groups (broad SMARTS) is 1. The Labute approximate surface area is 73.0 Å². The van der Waals surface area contributed by atoms with Crippen molar-refractivity contribution in [3.05, 3.63) is 12.7 Å². The van der Waals surface area contributed by atoms with Gasteiger partial charge in [-0.3, -0.25) is 5.84 Å². The molecule has 6 nitrogen and oxygen atoms in total. The third kappa shape index (κ3) is 2.99. The topological polar surface area (TPSA) is 85.0 Å². The molecular formula is C4H7BrN4O2. The zero-order valence-electron chi connectivity index (χ0n) is 5.51. The second kappa shape index (κ2) is 3.91. The highest BCUT2D eigenvalue weighted by molar-refractivity contribution is 5.66. The van der Waals surface area contributed by atoms with Crippen molar-refractivity contribution in [1.82, 2.24) is 9.78 Å². The first-order valence-corrected chi connectivity index (χ1v) is 2.59. The maximum absolute atomic E-state index is 10.1. The minimum atomic E-state index is -0.941.